The lowest BCUT2D eigenvalue weighted by Crippen LogP contribution is -2.29. The van der Waals surface area contributed by atoms with Crippen LogP contribution in [0.3, 0.4) is 0 Å². The Balaban J connectivity index is 2.28. The van der Waals surface area contributed by atoms with E-state index in [4.69, 9.17) is 14.0 Å². The first-order valence-corrected chi connectivity index (χ1v) is 9.98. The molecule has 1 amide bonds. The van der Waals surface area contributed by atoms with Crippen LogP contribution in [0.5, 0.6) is 11.5 Å². The molecule has 142 valence electrons. The average molecular weight is 378 g/mol. The molecular weight excluding hydrogens is 350 g/mol. The summed E-state index contributed by atoms with van der Waals surface area (Å²) in [7, 11) is 0. The van der Waals surface area contributed by atoms with Crippen LogP contribution in [-0.4, -0.2) is 29.6 Å². The fraction of sp³-hybridized carbons (Fsp3) is 0.450. The second-order valence-corrected chi connectivity index (χ2v) is 6.71. The summed E-state index contributed by atoms with van der Waals surface area (Å²) in [4.78, 5) is 12.1. The molecule has 26 heavy (non-hydrogen) atoms. The van der Waals surface area contributed by atoms with E-state index in [-0.39, 0.29) is 0 Å². The largest absolute Gasteiger partial charge is 0.489 e. The van der Waals surface area contributed by atoms with Crippen LogP contribution >= 0.6 is 12.0 Å². The van der Waals surface area contributed by atoms with E-state index in [0.29, 0.717) is 36.7 Å². The van der Waals surface area contributed by atoms with Gasteiger partial charge in [-0.3, -0.25) is 0 Å². The van der Waals surface area contributed by atoms with Crippen LogP contribution in [0, 0.1) is 0 Å². The smallest absolute Gasteiger partial charge is 0.412 e. The van der Waals surface area contributed by atoms with Crippen molar-refractivity contribution in [3.05, 3.63) is 41.5 Å². The zero-order valence-electron chi connectivity index (χ0n) is 15.4. The fourth-order valence-electron chi connectivity index (χ4n) is 2.84. The van der Waals surface area contributed by atoms with E-state index < -0.39 is 6.09 Å². The van der Waals surface area contributed by atoms with Gasteiger partial charge in [0.25, 0.3) is 0 Å². The van der Waals surface area contributed by atoms with E-state index in [1.165, 1.54) is 0 Å². The van der Waals surface area contributed by atoms with Gasteiger partial charge in [0.2, 0.25) is 0 Å². The molecule has 0 radical (unpaired) electrons. The molecule has 0 saturated carbocycles. The van der Waals surface area contributed by atoms with Gasteiger partial charge in [-0.25, -0.2) is 4.79 Å². The van der Waals surface area contributed by atoms with Gasteiger partial charge in [-0.05, 0) is 61.2 Å². The van der Waals surface area contributed by atoms with Gasteiger partial charge in [-0.2, -0.15) is 0 Å². The second-order valence-electron chi connectivity index (χ2n) is 6.04. The second kappa shape index (κ2) is 10.9. The summed E-state index contributed by atoms with van der Waals surface area (Å²) in [6.07, 6.45) is 9.73. The van der Waals surface area contributed by atoms with E-state index >= 15 is 0 Å². The first kappa shape index (κ1) is 20.4. The van der Waals surface area contributed by atoms with Crippen molar-refractivity contribution in [2.24, 2.45) is 0 Å². The van der Waals surface area contributed by atoms with Crippen molar-refractivity contribution in [3.8, 4) is 11.5 Å². The molecule has 0 bridgehead atoms. The Kier molecular flexibility index (Phi) is 8.58. The zero-order valence-corrected chi connectivity index (χ0v) is 16.2. The Morgan fingerprint density at radius 3 is 3.00 bits per heavy atom. The Hall–Kier alpha value is -1.92. The number of hydrogen-bond acceptors (Lipinski definition) is 5. The lowest BCUT2D eigenvalue weighted by Gasteiger charge is -2.21. The molecule has 1 aliphatic rings. The molecule has 0 saturated heterocycles. The third-order valence-corrected chi connectivity index (χ3v) is 4.42. The molecule has 0 atom stereocenters. The minimum atomic E-state index is -0.530. The van der Waals surface area contributed by atoms with Crippen LogP contribution in [0.15, 0.2) is 30.4 Å². The van der Waals surface area contributed by atoms with Crippen molar-refractivity contribution in [1.82, 2.24) is 5.32 Å². The third kappa shape index (κ3) is 5.81. The number of allylic oxidation sites excluding steroid dienone is 3. The quantitative estimate of drug-likeness (QED) is 0.465. The molecule has 0 fully saturated rings. The molecule has 2 rings (SSSR count). The van der Waals surface area contributed by atoms with Crippen LogP contribution < -0.4 is 14.8 Å². The minimum absolute atomic E-state index is 0.340. The van der Waals surface area contributed by atoms with Crippen molar-refractivity contribution in [2.45, 2.75) is 39.5 Å². The van der Waals surface area contributed by atoms with Crippen LogP contribution in [0.2, 0.25) is 0 Å². The van der Waals surface area contributed by atoms with Gasteiger partial charge in [0.15, 0.2) is 0 Å². The van der Waals surface area contributed by atoms with Crippen molar-refractivity contribution in [1.29, 1.82) is 0 Å². The number of carbonyl (C=O) groups is 1. The van der Waals surface area contributed by atoms with Crippen LogP contribution in [0.1, 0.15) is 44.2 Å². The Labute approximate surface area is 159 Å². The van der Waals surface area contributed by atoms with E-state index in [1.54, 1.807) is 0 Å². The van der Waals surface area contributed by atoms with Gasteiger partial charge in [-0.15, -0.1) is 0 Å². The molecule has 1 aromatic rings. The van der Waals surface area contributed by atoms with E-state index in [2.05, 4.69) is 18.3 Å². The van der Waals surface area contributed by atoms with Gasteiger partial charge < -0.3 is 19.3 Å². The predicted molar refractivity (Wildman–Crippen MR) is 107 cm³/mol. The fourth-order valence-corrected chi connectivity index (χ4v) is 3.03. The van der Waals surface area contributed by atoms with Crippen molar-refractivity contribution in [2.75, 3.05) is 18.9 Å². The molecule has 1 heterocycles. The molecule has 0 aliphatic carbocycles. The average Bonchev–Trinajstić information content (AvgIpc) is 2.62. The summed E-state index contributed by atoms with van der Waals surface area (Å²) in [6, 6.07) is 3.98. The summed E-state index contributed by atoms with van der Waals surface area (Å²) >= 11 is 0.685. The molecule has 0 spiro atoms. The van der Waals surface area contributed by atoms with Gasteiger partial charge in [0.1, 0.15) is 18.1 Å². The first-order valence-electron chi connectivity index (χ1n) is 9.04. The van der Waals surface area contributed by atoms with E-state index in [1.807, 2.05) is 31.2 Å². The molecule has 1 aliphatic heterocycles. The Morgan fingerprint density at radius 1 is 1.42 bits per heavy atom. The number of benzene rings is 1. The van der Waals surface area contributed by atoms with Crippen LogP contribution in [0.25, 0.3) is 5.57 Å². The molecule has 0 aromatic heterocycles. The van der Waals surface area contributed by atoms with Crippen LogP contribution in [-0.2, 0) is 6.42 Å². The summed E-state index contributed by atoms with van der Waals surface area (Å²) < 4.78 is 20.1. The van der Waals surface area contributed by atoms with Crippen LogP contribution in [0.4, 0.5) is 4.79 Å². The maximum Gasteiger partial charge on any atom is 0.412 e. The Morgan fingerprint density at radius 2 is 2.27 bits per heavy atom. The molecule has 1 aromatic carbocycles. The molecule has 5 nitrogen and oxygen atoms in total. The standard InChI is InChI=1S/C20H27NO4S/c1-3-5-6-8-15-13-17-19(16(7-4-2)9-11-24-17)18(14-15)25-20(22)21-10-12-26-23/h4,7,9,13-14,23H,3,5-6,8,10-12H2,1-2H3,(H,21,22)/b7-4+. The number of fused-ring (bicyclic) bond motifs is 1. The van der Waals surface area contributed by atoms with Crippen molar-refractivity contribution >= 4 is 23.7 Å². The number of aryl methyl sites for hydroxylation is 1. The summed E-state index contributed by atoms with van der Waals surface area (Å²) in [5, 5.41) is 2.64. The number of amides is 1. The summed E-state index contributed by atoms with van der Waals surface area (Å²) in [5.41, 5.74) is 2.90. The molecule has 6 heteroatoms. The number of carbonyl (C=O) groups excluding carboxylic acids is 1. The maximum atomic E-state index is 12.1. The summed E-state index contributed by atoms with van der Waals surface area (Å²) in [6.45, 7) is 4.97. The normalized spacial score (nSPS) is 13.1. The van der Waals surface area contributed by atoms with Crippen molar-refractivity contribution < 1.29 is 18.8 Å². The SMILES string of the molecule is C/C=C/C1=CCOc2cc(CCCCC)cc(OC(=O)NCCSO)c21. The Bertz CT molecular complexity index is 670. The molecule has 2 N–H and O–H groups in total. The zero-order chi connectivity index (χ0) is 18.8. The van der Waals surface area contributed by atoms with Gasteiger partial charge in [-0.1, -0.05) is 31.9 Å². The highest BCUT2D eigenvalue weighted by atomic mass is 32.2. The first-order chi connectivity index (χ1) is 12.7. The molecular formula is C20H27NO4S. The third-order valence-electron chi connectivity index (χ3n) is 4.04. The lowest BCUT2D eigenvalue weighted by atomic mass is 9.97. The van der Waals surface area contributed by atoms with Crippen molar-refractivity contribution in [3.63, 3.8) is 0 Å². The van der Waals surface area contributed by atoms with Gasteiger partial charge in [0.05, 0.1) is 5.56 Å². The highest BCUT2D eigenvalue weighted by Crippen LogP contribution is 2.39. The monoisotopic (exact) mass is 377 g/mol. The predicted octanol–water partition coefficient (Wildman–Crippen LogP) is 5.07. The van der Waals surface area contributed by atoms with Gasteiger partial charge >= 0.3 is 6.09 Å². The maximum absolute atomic E-state index is 12.1. The van der Waals surface area contributed by atoms with Gasteiger partial charge in [0, 0.05) is 12.3 Å². The highest BCUT2D eigenvalue weighted by Gasteiger charge is 2.21. The topological polar surface area (TPSA) is 67.8 Å². The number of ether oxygens (including phenoxy) is 2. The number of nitrogens with one attached hydrogen (secondary N) is 1. The van der Waals surface area contributed by atoms with E-state index in [9.17, 15) is 4.79 Å². The molecule has 0 unspecified atom stereocenters. The lowest BCUT2D eigenvalue weighted by molar-refractivity contribution is 0.201. The van der Waals surface area contributed by atoms with E-state index in [0.717, 1.165) is 48.1 Å². The number of rotatable bonds is 9. The highest BCUT2D eigenvalue weighted by molar-refractivity contribution is 7.93. The number of hydrogen-bond donors (Lipinski definition) is 2. The minimum Gasteiger partial charge on any atom is -0.489 e. The summed E-state index contributed by atoms with van der Waals surface area (Å²) in [5.74, 6) is 1.67. The number of unbranched alkanes of at least 4 members (excludes halogenated alkanes) is 2.